The van der Waals surface area contributed by atoms with Gasteiger partial charge in [-0.3, -0.25) is 0 Å². The highest BCUT2D eigenvalue weighted by Crippen LogP contribution is 2.32. The third-order valence-corrected chi connectivity index (χ3v) is 6.24. The minimum Gasteiger partial charge on any atom is -0.383 e. The molecule has 0 radical (unpaired) electrons. The van der Waals surface area contributed by atoms with Crippen LogP contribution in [0.15, 0.2) is 17.0 Å². The maximum atomic E-state index is 12.8. The van der Waals surface area contributed by atoms with Crippen molar-refractivity contribution in [2.45, 2.75) is 30.7 Å². The Kier molecular flexibility index (Phi) is 7.24. The van der Waals surface area contributed by atoms with Crippen LogP contribution in [-0.2, 0) is 20.6 Å². The first-order valence-corrected chi connectivity index (χ1v) is 9.07. The lowest BCUT2D eigenvalue weighted by Crippen LogP contribution is -2.41. The summed E-state index contributed by atoms with van der Waals surface area (Å²) in [5.41, 5.74) is 0.525. The van der Waals surface area contributed by atoms with Gasteiger partial charge in [0.1, 0.15) is 4.90 Å². The van der Waals surface area contributed by atoms with Crippen LogP contribution < -0.4 is 0 Å². The summed E-state index contributed by atoms with van der Waals surface area (Å²) in [5.74, 6) is 0.109. The SMILES string of the molecule is CCN(C(C)COC)S(=O)(=O)c1cc(CCl)c(Cl)cc1Cl. The number of ether oxygens (including phenoxy) is 1. The number of nitrogens with zero attached hydrogens (tertiary/aromatic N) is 1. The van der Waals surface area contributed by atoms with Gasteiger partial charge in [-0.1, -0.05) is 30.1 Å². The van der Waals surface area contributed by atoms with Crippen molar-refractivity contribution < 1.29 is 13.2 Å². The van der Waals surface area contributed by atoms with Gasteiger partial charge in [0.05, 0.1) is 11.6 Å². The number of benzene rings is 1. The fraction of sp³-hybridized carbons (Fsp3) is 0.538. The Morgan fingerprint density at radius 1 is 1.29 bits per heavy atom. The number of methoxy groups -OCH3 is 1. The van der Waals surface area contributed by atoms with E-state index in [1.807, 2.05) is 0 Å². The molecule has 1 aromatic carbocycles. The second kappa shape index (κ2) is 7.99. The highest BCUT2D eigenvalue weighted by molar-refractivity contribution is 7.89. The van der Waals surface area contributed by atoms with Gasteiger partial charge in [-0.2, -0.15) is 4.31 Å². The Bertz CT molecular complexity index is 593. The van der Waals surface area contributed by atoms with E-state index in [-0.39, 0.29) is 21.8 Å². The standard InChI is InChI=1S/C13H18Cl3NO3S/c1-4-17(9(2)8-20-3)21(18,19)13-5-10(7-14)11(15)6-12(13)16/h5-6,9H,4,7-8H2,1-3H3. The number of likely N-dealkylation sites (N-methyl/N-ethyl adjacent to an activating group) is 1. The predicted molar refractivity (Wildman–Crippen MR) is 86.9 cm³/mol. The summed E-state index contributed by atoms with van der Waals surface area (Å²) in [5, 5.41) is 0.430. The van der Waals surface area contributed by atoms with Crippen molar-refractivity contribution in [3.63, 3.8) is 0 Å². The van der Waals surface area contributed by atoms with Crippen molar-refractivity contribution in [1.29, 1.82) is 0 Å². The Balaban J connectivity index is 3.35. The van der Waals surface area contributed by atoms with E-state index in [1.165, 1.54) is 23.5 Å². The lowest BCUT2D eigenvalue weighted by molar-refractivity contribution is 0.142. The zero-order valence-corrected chi connectivity index (χ0v) is 15.2. The van der Waals surface area contributed by atoms with Crippen LogP contribution in [0.5, 0.6) is 0 Å². The molecule has 1 unspecified atom stereocenters. The Hall–Kier alpha value is -0.0400. The molecule has 21 heavy (non-hydrogen) atoms. The Labute approximate surface area is 141 Å². The van der Waals surface area contributed by atoms with E-state index < -0.39 is 10.0 Å². The average molecular weight is 375 g/mol. The topological polar surface area (TPSA) is 46.6 Å². The second-order valence-electron chi connectivity index (χ2n) is 4.52. The maximum Gasteiger partial charge on any atom is 0.244 e. The van der Waals surface area contributed by atoms with Crippen molar-refractivity contribution >= 4 is 44.8 Å². The average Bonchev–Trinajstić information content (AvgIpc) is 2.39. The molecule has 1 aromatic rings. The van der Waals surface area contributed by atoms with Crippen molar-refractivity contribution in [1.82, 2.24) is 4.31 Å². The predicted octanol–water partition coefficient (Wildman–Crippen LogP) is 3.78. The summed E-state index contributed by atoms with van der Waals surface area (Å²) in [6.07, 6.45) is 0. The van der Waals surface area contributed by atoms with E-state index in [0.717, 1.165) is 0 Å². The van der Waals surface area contributed by atoms with Crippen LogP contribution >= 0.6 is 34.8 Å². The largest absolute Gasteiger partial charge is 0.383 e. The van der Waals surface area contributed by atoms with E-state index in [0.29, 0.717) is 23.7 Å². The minimum atomic E-state index is -3.75. The number of rotatable bonds is 7. The first kappa shape index (κ1) is 19.0. The molecule has 0 spiro atoms. The summed E-state index contributed by atoms with van der Waals surface area (Å²) >= 11 is 17.8. The van der Waals surface area contributed by atoms with Gasteiger partial charge in [0.2, 0.25) is 10.0 Å². The van der Waals surface area contributed by atoms with Crippen molar-refractivity contribution in [3.8, 4) is 0 Å². The van der Waals surface area contributed by atoms with Gasteiger partial charge in [-0.25, -0.2) is 8.42 Å². The van der Waals surface area contributed by atoms with Gasteiger partial charge in [-0.15, -0.1) is 11.6 Å². The van der Waals surface area contributed by atoms with Crippen LogP contribution in [0.3, 0.4) is 0 Å². The number of alkyl halides is 1. The first-order valence-electron chi connectivity index (χ1n) is 6.34. The van der Waals surface area contributed by atoms with E-state index in [9.17, 15) is 8.42 Å². The highest BCUT2D eigenvalue weighted by Gasteiger charge is 2.30. The molecule has 0 saturated carbocycles. The molecule has 8 heteroatoms. The molecule has 0 fully saturated rings. The third-order valence-electron chi connectivity index (χ3n) is 3.04. The summed E-state index contributed by atoms with van der Waals surface area (Å²) in [6, 6.07) is 2.52. The summed E-state index contributed by atoms with van der Waals surface area (Å²) < 4.78 is 31.9. The van der Waals surface area contributed by atoms with E-state index >= 15 is 0 Å². The third kappa shape index (κ3) is 4.24. The van der Waals surface area contributed by atoms with Gasteiger partial charge in [0.25, 0.3) is 0 Å². The zero-order valence-electron chi connectivity index (χ0n) is 12.1. The van der Waals surface area contributed by atoms with Gasteiger partial charge < -0.3 is 4.74 Å². The van der Waals surface area contributed by atoms with Crippen LogP contribution in [0.2, 0.25) is 10.0 Å². The Morgan fingerprint density at radius 3 is 2.38 bits per heavy atom. The molecule has 0 saturated heterocycles. The van der Waals surface area contributed by atoms with E-state index in [1.54, 1.807) is 13.8 Å². The molecule has 0 aliphatic rings. The number of halogens is 3. The van der Waals surface area contributed by atoms with Crippen LogP contribution in [-0.4, -0.2) is 39.0 Å². The van der Waals surface area contributed by atoms with Crippen LogP contribution in [0.25, 0.3) is 0 Å². The number of hydrogen-bond acceptors (Lipinski definition) is 3. The number of hydrogen-bond donors (Lipinski definition) is 0. The second-order valence-corrected chi connectivity index (χ2v) is 7.46. The van der Waals surface area contributed by atoms with Crippen molar-refractivity contribution in [2.24, 2.45) is 0 Å². The quantitative estimate of drug-likeness (QED) is 0.682. The summed E-state index contributed by atoms with van der Waals surface area (Å²) in [7, 11) is -2.22. The molecule has 0 heterocycles. The molecule has 0 N–H and O–H groups in total. The lowest BCUT2D eigenvalue weighted by Gasteiger charge is -2.27. The highest BCUT2D eigenvalue weighted by atomic mass is 35.5. The molecule has 120 valence electrons. The van der Waals surface area contributed by atoms with Crippen molar-refractivity contribution in [2.75, 3.05) is 20.3 Å². The van der Waals surface area contributed by atoms with E-state index in [2.05, 4.69) is 0 Å². The van der Waals surface area contributed by atoms with Crippen LogP contribution in [0.1, 0.15) is 19.4 Å². The fourth-order valence-corrected chi connectivity index (χ4v) is 4.80. The summed E-state index contributed by atoms with van der Waals surface area (Å²) in [4.78, 5) is 0.00835. The molecule has 0 bridgehead atoms. The van der Waals surface area contributed by atoms with Gasteiger partial charge in [-0.05, 0) is 24.6 Å². The van der Waals surface area contributed by atoms with Crippen LogP contribution in [0.4, 0.5) is 0 Å². The minimum absolute atomic E-state index is 0.00835. The smallest absolute Gasteiger partial charge is 0.244 e. The molecule has 0 aromatic heterocycles. The number of sulfonamides is 1. The molecule has 0 aliphatic heterocycles. The first-order chi connectivity index (χ1) is 9.79. The molecular weight excluding hydrogens is 357 g/mol. The normalized spacial score (nSPS) is 13.7. The molecule has 0 amide bonds. The molecule has 4 nitrogen and oxygen atoms in total. The molecule has 1 atom stereocenters. The molecule has 0 aliphatic carbocycles. The monoisotopic (exact) mass is 373 g/mol. The lowest BCUT2D eigenvalue weighted by atomic mass is 10.2. The van der Waals surface area contributed by atoms with Gasteiger partial charge in [0, 0.05) is 30.6 Å². The van der Waals surface area contributed by atoms with Crippen LogP contribution in [0, 0.1) is 0 Å². The molecule has 1 rings (SSSR count). The maximum absolute atomic E-state index is 12.8. The van der Waals surface area contributed by atoms with Crippen molar-refractivity contribution in [3.05, 3.63) is 27.7 Å². The fourth-order valence-electron chi connectivity index (χ4n) is 2.04. The van der Waals surface area contributed by atoms with E-state index in [4.69, 9.17) is 39.5 Å². The molecular formula is C13H18Cl3NO3S. The Morgan fingerprint density at radius 2 is 1.90 bits per heavy atom. The summed E-state index contributed by atoms with van der Waals surface area (Å²) in [6.45, 7) is 4.13. The van der Waals surface area contributed by atoms with Gasteiger partial charge in [0.15, 0.2) is 0 Å². The van der Waals surface area contributed by atoms with Gasteiger partial charge >= 0.3 is 0 Å². The zero-order chi connectivity index (χ0) is 16.2.